The molecular formula is C25H22IN3. The molecular weight excluding hydrogens is 469 g/mol. The number of anilines is 1. The summed E-state index contributed by atoms with van der Waals surface area (Å²) < 4.78 is 3.32. The molecule has 144 valence electrons. The molecule has 4 aromatic rings. The molecule has 0 atom stereocenters. The van der Waals surface area contributed by atoms with Gasteiger partial charge in [-0.2, -0.15) is 5.10 Å². The molecule has 1 aliphatic rings. The van der Waals surface area contributed by atoms with E-state index in [0.717, 1.165) is 30.9 Å². The lowest BCUT2D eigenvalue weighted by Crippen LogP contribution is -2.09. The van der Waals surface area contributed by atoms with Crippen LogP contribution in [0.15, 0.2) is 84.9 Å². The maximum Gasteiger partial charge on any atom is 0.133 e. The Bertz CT molecular complexity index is 1060. The molecule has 3 aromatic carbocycles. The molecule has 0 spiro atoms. The summed E-state index contributed by atoms with van der Waals surface area (Å²) in [4.78, 5) is 0. The van der Waals surface area contributed by atoms with Crippen LogP contribution in [0.3, 0.4) is 0 Å². The minimum atomic E-state index is 0.294. The Labute approximate surface area is 184 Å². The van der Waals surface area contributed by atoms with Gasteiger partial charge in [-0.3, -0.25) is 0 Å². The van der Waals surface area contributed by atoms with Crippen molar-refractivity contribution >= 4 is 28.4 Å². The Hall–Kier alpha value is -2.60. The minimum Gasteiger partial charge on any atom is -0.369 e. The zero-order valence-corrected chi connectivity index (χ0v) is 18.2. The summed E-state index contributed by atoms with van der Waals surface area (Å²) in [5.74, 6) is 1.45. The van der Waals surface area contributed by atoms with Crippen LogP contribution in [0, 0.1) is 3.57 Å². The topological polar surface area (TPSA) is 29.9 Å². The van der Waals surface area contributed by atoms with E-state index < -0.39 is 0 Å². The maximum absolute atomic E-state index is 5.07. The van der Waals surface area contributed by atoms with E-state index in [0.29, 0.717) is 5.92 Å². The highest BCUT2D eigenvalue weighted by Gasteiger charge is 2.26. The molecule has 0 saturated carbocycles. The molecule has 1 aromatic heterocycles. The summed E-state index contributed by atoms with van der Waals surface area (Å²) in [6.45, 7) is 0.978. The number of nitrogens with zero attached hydrogens (tertiary/aromatic N) is 2. The van der Waals surface area contributed by atoms with Gasteiger partial charge in [0.25, 0.3) is 0 Å². The van der Waals surface area contributed by atoms with Crippen molar-refractivity contribution in [2.24, 2.45) is 0 Å². The Kier molecular flexibility index (Phi) is 5.10. The van der Waals surface area contributed by atoms with Gasteiger partial charge in [-0.15, -0.1) is 0 Å². The largest absolute Gasteiger partial charge is 0.369 e. The van der Waals surface area contributed by atoms with E-state index >= 15 is 0 Å². The van der Waals surface area contributed by atoms with Crippen molar-refractivity contribution in [3.05, 3.63) is 111 Å². The van der Waals surface area contributed by atoms with E-state index in [-0.39, 0.29) is 0 Å². The summed E-state index contributed by atoms with van der Waals surface area (Å²) in [7, 11) is 0. The molecule has 0 bridgehead atoms. The first-order valence-electron chi connectivity index (χ1n) is 10.00. The number of aromatic nitrogens is 2. The highest BCUT2D eigenvalue weighted by atomic mass is 127. The Morgan fingerprint density at radius 1 is 0.862 bits per heavy atom. The van der Waals surface area contributed by atoms with Crippen molar-refractivity contribution in [2.75, 3.05) is 11.9 Å². The predicted molar refractivity (Wildman–Crippen MR) is 127 cm³/mol. The van der Waals surface area contributed by atoms with Crippen molar-refractivity contribution in [2.45, 2.75) is 18.8 Å². The van der Waals surface area contributed by atoms with E-state index in [1.54, 1.807) is 0 Å². The van der Waals surface area contributed by atoms with Gasteiger partial charge in [-0.25, -0.2) is 4.68 Å². The van der Waals surface area contributed by atoms with Crippen molar-refractivity contribution in [3.8, 4) is 5.69 Å². The minimum absolute atomic E-state index is 0.294. The Morgan fingerprint density at radius 2 is 1.48 bits per heavy atom. The monoisotopic (exact) mass is 491 g/mol. The molecule has 29 heavy (non-hydrogen) atoms. The molecule has 1 N–H and O–H groups in total. The fourth-order valence-electron chi connectivity index (χ4n) is 4.17. The second kappa shape index (κ2) is 8.03. The van der Waals surface area contributed by atoms with Crippen LogP contribution < -0.4 is 5.32 Å². The molecule has 0 amide bonds. The number of nitrogens with one attached hydrogen (secondary N) is 1. The summed E-state index contributed by atoms with van der Waals surface area (Å²) in [6.07, 6.45) is 1.93. The number of halogens is 1. The van der Waals surface area contributed by atoms with Gasteiger partial charge >= 0.3 is 0 Å². The smallest absolute Gasteiger partial charge is 0.133 e. The van der Waals surface area contributed by atoms with Gasteiger partial charge < -0.3 is 5.32 Å². The van der Waals surface area contributed by atoms with Crippen LogP contribution in [-0.2, 0) is 12.8 Å². The molecule has 4 heteroatoms. The quantitative estimate of drug-likeness (QED) is 0.357. The van der Waals surface area contributed by atoms with Gasteiger partial charge in [0, 0.05) is 28.0 Å². The molecule has 0 aliphatic carbocycles. The number of rotatable bonds is 5. The molecule has 0 unspecified atom stereocenters. The molecule has 5 rings (SSSR count). The van der Waals surface area contributed by atoms with Gasteiger partial charge in [0.2, 0.25) is 0 Å². The normalized spacial score (nSPS) is 12.8. The van der Waals surface area contributed by atoms with Crippen LogP contribution in [0.5, 0.6) is 0 Å². The number of hydrogen-bond donors (Lipinski definition) is 1. The van der Waals surface area contributed by atoms with Crippen LogP contribution >= 0.6 is 22.6 Å². The van der Waals surface area contributed by atoms with Crippen molar-refractivity contribution < 1.29 is 0 Å². The standard InChI is InChI=1S/C25H22IN3/c26-20-11-13-21(14-12-20)29-25-22(15-16-27-25)24(28-29)17-23(18-7-3-1-4-8-18)19-9-5-2-6-10-19/h1-14,23,27H,15-17H2. The number of hydrogen-bond acceptors (Lipinski definition) is 2. The number of fused-ring (bicyclic) bond motifs is 1. The van der Waals surface area contributed by atoms with Crippen LogP contribution in [0.2, 0.25) is 0 Å². The van der Waals surface area contributed by atoms with E-state index in [4.69, 9.17) is 5.10 Å². The third-order valence-electron chi connectivity index (χ3n) is 5.61. The molecule has 0 saturated heterocycles. The van der Waals surface area contributed by atoms with Crippen LogP contribution in [0.4, 0.5) is 5.82 Å². The highest BCUT2D eigenvalue weighted by molar-refractivity contribution is 14.1. The summed E-state index contributed by atoms with van der Waals surface area (Å²) >= 11 is 2.34. The lowest BCUT2D eigenvalue weighted by Gasteiger charge is -2.17. The summed E-state index contributed by atoms with van der Waals surface area (Å²) in [6, 6.07) is 30.1. The fraction of sp³-hybridized carbons (Fsp3) is 0.160. The average Bonchev–Trinajstić information content (AvgIpc) is 3.37. The van der Waals surface area contributed by atoms with Crippen LogP contribution in [-0.4, -0.2) is 16.3 Å². The lowest BCUT2D eigenvalue weighted by atomic mass is 9.86. The first kappa shape index (κ1) is 18.4. The SMILES string of the molecule is Ic1ccc(-n2nc(CC(c3ccccc3)c3ccccc3)c3c2NCC3)cc1. The van der Waals surface area contributed by atoms with Gasteiger partial charge in [0.15, 0.2) is 0 Å². The van der Waals surface area contributed by atoms with E-state index in [9.17, 15) is 0 Å². The lowest BCUT2D eigenvalue weighted by molar-refractivity contribution is 0.745. The Morgan fingerprint density at radius 3 is 2.10 bits per heavy atom. The zero-order valence-electron chi connectivity index (χ0n) is 16.1. The molecule has 2 heterocycles. The highest BCUT2D eigenvalue weighted by Crippen LogP contribution is 2.34. The second-order valence-electron chi connectivity index (χ2n) is 7.42. The first-order chi connectivity index (χ1) is 14.3. The van der Waals surface area contributed by atoms with E-state index in [2.05, 4.69) is 118 Å². The molecule has 0 fully saturated rings. The second-order valence-corrected chi connectivity index (χ2v) is 8.66. The molecule has 0 radical (unpaired) electrons. The van der Waals surface area contributed by atoms with Gasteiger partial charge in [-0.05, 0) is 64.4 Å². The van der Waals surface area contributed by atoms with Gasteiger partial charge in [0.1, 0.15) is 5.82 Å². The summed E-state index contributed by atoms with van der Waals surface area (Å²) in [5.41, 5.74) is 6.34. The first-order valence-corrected chi connectivity index (χ1v) is 11.1. The van der Waals surface area contributed by atoms with Gasteiger partial charge in [0.05, 0.1) is 11.4 Å². The van der Waals surface area contributed by atoms with E-state index in [1.165, 1.54) is 26.0 Å². The van der Waals surface area contributed by atoms with Crippen molar-refractivity contribution in [1.82, 2.24) is 9.78 Å². The average molecular weight is 491 g/mol. The summed E-state index contributed by atoms with van der Waals surface area (Å²) in [5, 5.41) is 8.63. The van der Waals surface area contributed by atoms with Gasteiger partial charge in [-0.1, -0.05) is 60.7 Å². The maximum atomic E-state index is 5.07. The number of benzene rings is 3. The van der Waals surface area contributed by atoms with Crippen molar-refractivity contribution in [3.63, 3.8) is 0 Å². The third kappa shape index (κ3) is 3.69. The molecule has 3 nitrogen and oxygen atoms in total. The molecule has 1 aliphatic heterocycles. The van der Waals surface area contributed by atoms with Crippen LogP contribution in [0.25, 0.3) is 5.69 Å². The zero-order chi connectivity index (χ0) is 19.6. The third-order valence-corrected chi connectivity index (χ3v) is 6.33. The van der Waals surface area contributed by atoms with Crippen molar-refractivity contribution in [1.29, 1.82) is 0 Å². The van der Waals surface area contributed by atoms with E-state index in [1.807, 2.05) is 0 Å². The van der Waals surface area contributed by atoms with Crippen LogP contribution in [0.1, 0.15) is 28.3 Å². The predicted octanol–water partition coefficient (Wildman–Crippen LogP) is 5.82. The Balaban J connectivity index is 1.56. The fourth-order valence-corrected chi connectivity index (χ4v) is 4.53.